The van der Waals surface area contributed by atoms with Crippen molar-refractivity contribution < 1.29 is 9.53 Å². The monoisotopic (exact) mass is 520 g/mol. The van der Waals surface area contributed by atoms with Gasteiger partial charge in [-0.15, -0.1) is 0 Å². The number of carbonyl (C=O) groups is 1. The molecule has 0 amide bonds. The molecule has 1 saturated carbocycles. The van der Waals surface area contributed by atoms with E-state index < -0.39 is 0 Å². The SMILES string of the molecule is CCCCCCCCCCCCCCCCCC(=O)OC1CC(C)(C)NC(C)(C)C1CC1CCCCC1. The molecule has 2 aliphatic rings. The highest BCUT2D eigenvalue weighted by Crippen LogP contribution is 2.41. The first-order valence-electron chi connectivity index (χ1n) is 16.7. The number of hydrogen-bond donors (Lipinski definition) is 1. The Labute approximate surface area is 232 Å². The number of nitrogens with one attached hydrogen (secondary N) is 1. The second-order valence-electron chi connectivity index (χ2n) is 14.0. The van der Waals surface area contributed by atoms with E-state index >= 15 is 0 Å². The number of ether oxygens (including phenoxy) is 1. The van der Waals surface area contributed by atoms with E-state index in [-0.39, 0.29) is 23.2 Å². The maximum atomic E-state index is 12.9. The Morgan fingerprint density at radius 1 is 0.730 bits per heavy atom. The quantitative estimate of drug-likeness (QED) is 0.136. The van der Waals surface area contributed by atoms with Gasteiger partial charge in [0.2, 0.25) is 0 Å². The molecule has 218 valence electrons. The zero-order chi connectivity index (χ0) is 27.0. The van der Waals surface area contributed by atoms with Crippen LogP contribution in [0.4, 0.5) is 0 Å². The van der Waals surface area contributed by atoms with Crippen LogP contribution in [0.3, 0.4) is 0 Å². The lowest BCUT2D eigenvalue weighted by Crippen LogP contribution is -2.65. The number of rotatable bonds is 19. The van der Waals surface area contributed by atoms with Crippen LogP contribution in [-0.2, 0) is 9.53 Å². The van der Waals surface area contributed by atoms with Crippen molar-refractivity contribution in [3.63, 3.8) is 0 Å². The number of unbranched alkanes of at least 4 members (excludes halogenated alkanes) is 14. The van der Waals surface area contributed by atoms with Crippen molar-refractivity contribution in [1.82, 2.24) is 5.32 Å². The number of carbonyl (C=O) groups excluding carboxylic acids is 1. The molecule has 0 radical (unpaired) electrons. The van der Waals surface area contributed by atoms with Gasteiger partial charge in [-0.25, -0.2) is 0 Å². The van der Waals surface area contributed by atoms with E-state index in [0.717, 1.165) is 18.8 Å². The molecular weight excluding hydrogens is 454 g/mol. The van der Waals surface area contributed by atoms with Gasteiger partial charge in [0.25, 0.3) is 0 Å². The number of esters is 1. The maximum Gasteiger partial charge on any atom is 0.306 e. The van der Waals surface area contributed by atoms with Crippen molar-refractivity contribution in [3.8, 4) is 0 Å². The van der Waals surface area contributed by atoms with Gasteiger partial charge in [-0.1, -0.05) is 129 Å². The average Bonchev–Trinajstić information content (AvgIpc) is 2.83. The molecule has 2 rings (SSSR count). The van der Waals surface area contributed by atoms with Gasteiger partial charge >= 0.3 is 5.97 Å². The summed E-state index contributed by atoms with van der Waals surface area (Å²) in [4.78, 5) is 12.9. The zero-order valence-corrected chi connectivity index (χ0v) is 25.8. The van der Waals surface area contributed by atoms with E-state index in [4.69, 9.17) is 4.74 Å². The van der Waals surface area contributed by atoms with Crippen LogP contribution in [0.2, 0.25) is 0 Å². The molecule has 1 heterocycles. The highest BCUT2D eigenvalue weighted by molar-refractivity contribution is 5.69. The summed E-state index contributed by atoms with van der Waals surface area (Å²) in [6.07, 6.45) is 29.9. The maximum absolute atomic E-state index is 12.9. The zero-order valence-electron chi connectivity index (χ0n) is 25.8. The highest BCUT2D eigenvalue weighted by atomic mass is 16.5. The smallest absolute Gasteiger partial charge is 0.306 e. The van der Waals surface area contributed by atoms with Crippen LogP contribution >= 0.6 is 0 Å². The molecular formula is C34H65NO2. The summed E-state index contributed by atoms with van der Waals surface area (Å²) in [7, 11) is 0. The van der Waals surface area contributed by atoms with Crippen molar-refractivity contribution in [1.29, 1.82) is 0 Å². The molecule has 2 atom stereocenters. The Morgan fingerprint density at radius 3 is 1.73 bits per heavy atom. The minimum Gasteiger partial charge on any atom is -0.462 e. The topological polar surface area (TPSA) is 38.3 Å². The van der Waals surface area contributed by atoms with E-state index in [0.29, 0.717) is 12.3 Å². The molecule has 0 spiro atoms. The molecule has 1 saturated heterocycles. The Balaban J connectivity index is 1.57. The number of hydrogen-bond acceptors (Lipinski definition) is 3. The van der Waals surface area contributed by atoms with Crippen LogP contribution in [-0.4, -0.2) is 23.2 Å². The molecule has 1 aliphatic carbocycles. The standard InChI is InChI=1S/C34H65NO2/c1-6-7-8-9-10-11-12-13-14-15-16-17-18-19-23-26-32(36)37-31-28-33(2,3)35-34(4,5)30(31)27-29-24-21-20-22-25-29/h29-31,35H,6-28H2,1-5H3. The van der Waals surface area contributed by atoms with Crippen molar-refractivity contribution in [2.75, 3.05) is 0 Å². The van der Waals surface area contributed by atoms with Gasteiger partial charge in [0.1, 0.15) is 6.10 Å². The second kappa shape index (κ2) is 17.9. The Bertz CT molecular complexity index is 593. The number of piperidine rings is 1. The molecule has 1 aliphatic heterocycles. The highest BCUT2D eigenvalue weighted by Gasteiger charge is 2.47. The molecule has 37 heavy (non-hydrogen) atoms. The molecule has 3 nitrogen and oxygen atoms in total. The molecule has 2 unspecified atom stereocenters. The van der Waals surface area contributed by atoms with E-state index in [1.54, 1.807) is 0 Å². The Morgan fingerprint density at radius 2 is 1.22 bits per heavy atom. The third kappa shape index (κ3) is 13.9. The third-order valence-corrected chi connectivity index (χ3v) is 9.33. The van der Waals surface area contributed by atoms with Crippen LogP contribution < -0.4 is 5.32 Å². The van der Waals surface area contributed by atoms with Crippen LogP contribution in [0.5, 0.6) is 0 Å². The first-order chi connectivity index (χ1) is 17.7. The minimum atomic E-state index is -0.00121. The van der Waals surface area contributed by atoms with Gasteiger partial charge < -0.3 is 10.1 Å². The lowest BCUT2D eigenvalue weighted by atomic mass is 9.67. The first-order valence-corrected chi connectivity index (χ1v) is 16.7. The summed E-state index contributed by atoms with van der Waals surface area (Å²) < 4.78 is 6.26. The van der Waals surface area contributed by atoms with E-state index in [9.17, 15) is 4.79 Å². The van der Waals surface area contributed by atoms with Crippen LogP contribution in [0.1, 0.15) is 182 Å². The molecule has 0 aromatic heterocycles. The van der Waals surface area contributed by atoms with Gasteiger partial charge in [0.05, 0.1) is 0 Å². The second-order valence-corrected chi connectivity index (χ2v) is 14.0. The Hall–Kier alpha value is -0.570. The molecule has 0 aromatic carbocycles. The largest absolute Gasteiger partial charge is 0.462 e. The van der Waals surface area contributed by atoms with Crippen LogP contribution in [0, 0.1) is 11.8 Å². The van der Waals surface area contributed by atoms with Gasteiger partial charge in [-0.05, 0) is 46.5 Å². The molecule has 0 bridgehead atoms. The predicted molar refractivity (Wildman–Crippen MR) is 160 cm³/mol. The predicted octanol–water partition coefficient (Wildman–Crippen LogP) is 10.3. The van der Waals surface area contributed by atoms with Crippen molar-refractivity contribution >= 4 is 5.97 Å². The van der Waals surface area contributed by atoms with Crippen LogP contribution in [0.15, 0.2) is 0 Å². The third-order valence-electron chi connectivity index (χ3n) is 9.33. The molecule has 3 heteroatoms. The summed E-state index contributed by atoms with van der Waals surface area (Å²) in [6, 6.07) is 0. The van der Waals surface area contributed by atoms with Gasteiger partial charge in [-0.3, -0.25) is 4.79 Å². The van der Waals surface area contributed by atoms with E-state index in [1.165, 1.54) is 128 Å². The lowest BCUT2D eigenvalue weighted by molar-refractivity contribution is -0.159. The molecule has 1 N–H and O–H groups in total. The van der Waals surface area contributed by atoms with Gasteiger partial charge in [0.15, 0.2) is 0 Å². The van der Waals surface area contributed by atoms with Crippen molar-refractivity contribution in [2.24, 2.45) is 11.8 Å². The molecule has 2 fully saturated rings. The lowest BCUT2D eigenvalue weighted by Gasteiger charge is -2.52. The average molecular weight is 520 g/mol. The first kappa shape index (κ1) is 32.6. The summed E-state index contributed by atoms with van der Waals surface area (Å²) in [5.74, 6) is 1.26. The van der Waals surface area contributed by atoms with E-state index in [2.05, 4.69) is 39.9 Å². The molecule has 0 aromatic rings. The summed E-state index contributed by atoms with van der Waals surface area (Å²) >= 11 is 0. The van der Waals surface area contributed by atoms with Crippen LogP contribution in [0.25, 0.3) is 0 Å². The summed E-state index contributed by atoms with van der Waals surface area (Å²) in [5.41, 5.74) is 0.00488. The van der Waals surface area contributed by atoms with Crippen molar-refractivity contribution in [2.45, 2.75) is 199 Å². The summed E-state index contributed by atoms with van der Waals surface area (Å²) in [6.45, 7) is 11.5. The normalized spacial score (nSPS) is 23.7. The van der Waals surface area contributed by atoms with E-state index in [1.807, 2.05) is 0 Å². The minimum absolute atomic E-state index is 0.00121. The van der Waals surface area contributed by atoms with Gasteiger partial charge in [-0.2, -0.15) is 0 Å². The van der Waals surface area contributed by atoms with Crippen molar-refractivity contribution in [3.05, 3.63) is 0 Å². The fourth-order valence-electron chi connectivity index (χ4n) is 7.35. The van der Waals surface area contributed by atoms with Gasteiger partial charge in [0, 0.05) is 29.8 Å². The fraction of sp³-hybridized carbons (Fsp3) is 0.971. The summed E-state index contributed by atoms with van der Waals surface area (Å²) in [5, 5.41) is 3.88. The fourth-order valence-corrected chi connectivity index (χ4v) is 7.35. The Kier molecular flexibility index (Phi) is 15.8.